The summed E-state index contributed by atoms with van der Waals surface area (Å²) in [7, 11) is -3.73. The third-order valence-corrected chi connectivity index (χ3v) is 5.30. The van der Waals surface area contributed by atoms with Crippen LogP contribution in [0.1, 0.15) is 0 Å². The Morgan fingerprint density at radius 1 is 1.00 bits per heavy atom. The first-order valence-corrected chi connectivity index (χ1v) is 9.48. The molecule has 1 N–H and O–H groups in total. The number of hydrogen-bond donors (Lipinski definition) is 1. The maximum Gasteiger partial charge on any atom is 0.261 e. The Morgan fingerprint density at radius 2 is 1.81 bits per heavy atom. The first kappa shape index (κ1) is 16.6. The SMILES string of the molecule is O=S(=O)(Nc1cccc(-c2nc3ncccc3o2)c1)c1ccc(Cl)cc1. The summed E-state index contributed by atoms with van der Waals surface area (Å²) in [6.07, 6.45) is 1.63. The molecule has 0 saturated heterocycles. The second-order valence-corrected chi connectivity index (χ2v) is 7.60. The molecule has 2 aromatic heterocycles. The highest BCUT2D eigenvalue weighted by Crippen LogP contribution is 2.26. The molecule has 0 saturated carbocycles. The van der Waals surface area contributed by atoms with Gasteiger partial charge in [-0.05, 0) is 54.6 Å². The van der Waals surface area contributed by atoms with Crippen LogP contribution in [0.25, 0.3) is 22.7 Å². The molecule has 0 bridgehead atoms. The van der Waals surface area contributed by atoms with Crippen LogP contribution in [0, 0.1) is 0 Å². The van der Waals surface area contributed by atoms with Crippen molar-refractivity contribution in [3.63, 3.8) is 0 Å². The zero-order valence-corrected chi connectivity index (χ0v) is 14.8. The van der Waals surface area contributed by atoms with Crippen molar-refractivity contribution < 1.29 is 12.8 Å². The van der Waals surface area contributed by atoms with Gasteiger partial charge < -0.3 is 4.42 Å². The van der Waals surface area contributed by atoms with E-state index in [1.807, 2.05) is 0 Å². The van der Waals surface area contributed by atoms with Crippen LogP contribution in [-0.4, -0.2) is 18.4 Å². The van der Waals surface area contributed by atoms with Gasteiger partial charge in [-0.1, -0.05) is 17.7 Å². The molecule has 130 valence electrons. The highest BCUT2D eigenvalue weighted by atomic mass is 35.5. The van der Waals surface area contributed by atoms with Crippen molar-refractivity contribution in [2.45, 2.75) is 4.90 Å². The quantitative estimate of drug-likeness (QED) is 0.564. The maximum absolute atomic E-state index is 12.5. The molecule has 8 heteroatoms. The predicted octanol–water partition coefficient (Wildman–Crippen LogP) is 4.34. The molecule has 0 amide bonds. The number of nitrogens with zero attached hydrogens (tertiary/aromatic N) is 2. The van der Waals surface area contributed by atoms with Gasteiger partial charge in [0.1, 0.15) is 0 Å². The van der Waals surface area contributed by atoms with Crippen LogP contribution in [-0.2, 0) is 10.0 Å². The van der Waals surface area contributed by atoms with Crippen molar-refractivity contribution in [1.82, 2.24) is 9.97 Å². The van der Waals surface area contributed by atoms with Gasteiger partial charge in [-0.25, -0.2) is 13.4 Å². The van der Waals surface area contributed by atoms with Gasteiger partial charge >= 0.3 is 0 Å². The predicted molar refractivity (Wildman–Crippen MR) is 99.5 cm³/mol. The summed E-state index contributed by atoms with van der Waals surface area (Å²) in [5.74, 6) is 0.367. The van der Waals surface area contributed by atoms with Crippen LogP contribution in [0.2, 0.25) is 5.02 Å². The van der Waals surface area contributed by atoms with E-state index in [1.54, 1.807) is 42.6 Å². The Labute approximate surface area is 154 Å². The van der Waals surface area contributed by atoms with Crippen LogP contribution in [0.3, 0.4) is 0 Å². The Morgan fingerprint density at radius 3 is 2.58 bits per heavy atom. The number of oxazole rings is 1. The number of rotatable bonds is 4. The lowest BCUT2D eigenvalue weighted by atomic mass is 10.2. The maximum atomic E-state index is 12.5. The van der Waals surface area contributed by atoms with Crippen molar-refractivity contribution in [1.29, 1.82) is 0 Å². The van der Waals surface area contributed by atoms with E-state index in [9.17, 15) is 8.42 Å². The highest BCUT2D eigenvalue weighted by molar-refractivity contribution is 7.92. The van der Waals surface area contributed by atoms with Gasteiger partial charge in [0.05, 0.1) is 4.90 Å². The molecule has 0 unspecified atom stereocenters. The zero-order valence-electron chi connectivity index (χ0n) is 13.3. The zero-order chi connectivity index (χ0) is 18.1. The first-order chi connectivity index (χ1) is 12.5. The van der Waals surface area contributed by atoms with Gasteiger partial charge in [0.2, 0.25) is 5.89 Å². The van der Waals surface area contributed by atoms with Gasteiger partial charge in [-0.3, -0.25) is 4.72 Å². The summed E-state index contributed by atoms with van der Waals surface area (Å²) in [6.45, 7) is 0. The molecule has 4 aromatic rings. The number of pyridine rings is 1. The summed E-state index contributed by atoms with van der Waals surface area (Å²) in [5.41, 5.74) is 2.09. The Hall–Kier alpha value is -2.90. The normalized spacial score (nSPS) is 11.6. The average Bonchev–Trinajstić information content (AvgIpc) is 3.06. The molecule has 26 heavy (non-hydrogen) atoms. The fourth-order valence-corrected chi connectivity index (χ4v) is 3.61. The standard InChI is InChI=1S/C18H12ClN3O3S/c19-13-6-8-15(9-7-13)26(23,24)22-14-4-1-3-12(11-14)18-21-17-16(25-18)5-2-10-20-17/h1-11,22H. The Kier molecular flexibility index (Phi) is 4.10. The lowest BCUT2D eigenvalue weighted by Gasteiger charge is -2.09. The molecule has 0 aliphatic carbocycles. The Bertz CT molecular complexity index is 1150. The van der Waals surface area contributed by atoms with E-state index >= 15 is 0 Å². The minimum atomic E-state index is -3.73. The smallest absolute Gasteiger partial charge is 0.261 e. The van der Waals surface area contributed by atoms with E-state index < -0.39 is 10.0 Å². The summed E-state index contributed by atoms with van der Waals surface area (Å²) < 4.78 is 33.2. The van der Waals surface area contributed by atoms with Crippen LogP contribution >= 0.6 is 11.6 Å². The second kappa shape index (κ2) is 6.44. The highest BCUT2D eigenvalue weighted by Gasteiger charge is 2.15. The summed E-state index contributed by atoms with van der Waals surface area (Å²) in [4.78, 5) is 8.57. The van der Waals surface area contributed by atoms with E-state index in [2.05, 4.69) is 14.7 Å². The third-order valence-electron chi connectivity index (χ3n) is 3.65. The number of halogens is 1. The molecule has 0 aliphatic heterocycles. The van der Waals surface area contributed by atoms with E-state index in [0.717, 1.165) is 0 Å². The fourth-order valence-electron chi connectivity index (χ4n) is 2.44. The molecule has 6 nitrogen and oxygen atoms in total. The number of benzene rings is 2. The monoisotopic (exact) mass is 385 g/mol. The second-order valence-electron chi connectivity index (χ2n) is 5.48. The number of nitrogens with one attached hydrogen (secondary N) is 1. The third kappa shape index (κ3) is 3.26. The topological polar surface area (TPSA) is 85.1 Å². The number of sulfonamides is 1. The van der Waals surface area contributed by atoms with E-state index in [4.69, 9.17) is 16.0 Å². The van der Waals surface area contributed by atoms with Crippen molar-refractivity contribution in [3.05, 3.63) is 71.9 Å². The molecule has 0 atom stereocenters. The van der Waals surface area contributed by atoms with E-state index in [0.29, 0.717) is 33.4 Å². The summed E-state index contributed by atoms with van der Waals surface area (Å²) in [6, 6.07) is 16.3. The van der Waals surface area contributed by atoms with Crippen LogP contribution in [0.5, 0.6) is 0 Å². The van der Waals surface area contributed by atoms with Crippen LogP contribution < -0.4 is 4.72 Å². The number of fused-ring (bicyclic) bond motifs is 1. The van der Waals surface area contributed by atoms with Gasteiger partial charge in [0.25, 0.3) is 10.0 Å². The minimum Gasteiger partial charge on any atom is -0.434 e. The van der Waals surface area contributed by atoms with Crippen molar-refractivity contribution in [3.8, 4) is 11.5 Å². The molecular weight excluding hydrogens is 374 g/mol. The summed E-state index contributed by atoms with van der Waals surface area (Å²) in [5, 5.41) is 0.468. The molecular formula is C18H12ClN3O3S. The number of hydrogen-bond acceptors (Lipinski definition) is 5. The van der Waals surface area contributed by atoms with Crippen molar-refractivity contribution in [2.75, 3.05) is 4.72 Å². The largest absolute Gasteiger partial charge is 0.434 e. The van der Waals surface area contributed by atoms with Crippen LogP contribution in [0.4, 0.5) is 5.69 Å². The number of anilines is 1. The van der Waals surface area contributed by atoms with Crippen molar-refractivity contribution >= 4 is 38.5 Å². The first-order valence-electron chi connectivity index (χ1n) is 7.62. The molecule has 0 radical (unpaired) electrons. The lowest BCUT2D eigenvalue weighted by molar-refractivity contribution is 0.601. The summed E-state index contributed by atoms with van der Waals surface area (Å²) >= 11 is 5.81. The van der Waals surface area contributed by atoms with Crippen LogP contribution in [0.15, 0.2) is 76.2 Å². The fraction of sp³-hybridized carbons (Fsp3) is 0. The minimum absolute atomic E-state index is 0.123. The molecule has 0 spiro atoms. The van der Waals surface area contributed by atoms with E-state index in [1.165, 1.54) is 24.3 Å². The van der Waals surface area contributed by atoms with Gasteiger partial charge in [-0.2, -0.15) is 4.98 Å². The lowest BCUT2D eigenvalue weighted by Crippen LogP contribution is -2.12. The van der Waals surface area contributed by atoms with Crippen molar-refractivity contribution in [2.24, 2.45) is 0 Å². The molecule has 2 heterocycles. The average molecular weight is 386 g/mol. The van der Waals surface area contributed by atoms with Gasteiger partial charge in [-0.15, -0.1) is 0 Å². The Balaban J connectivity index is 1.66. The molecule has 0 fully saturated rings. The van der Waals surface area contributed by atoms with E-state index in [-0.39, 0.29) is 4.90 Å². The molecule has 0 aliphatic rings. The number of aromatic nitrogens is 2. The molecule has 2 aromatic carbocycles. The van der Waals surface area contributed by atoms with Gasteiger partial charge in [0, 0.05) is 22.5 Å². The molecule has 4 rings (SSSR count). The van der Waals surface area contributed by atoms with Gasteiger partial charge in [0.15, 0.2) is 11.2 Å².